The van der Waals surface area contributed by atoms with Gasteiger partial charge in [-0.1, -0.05) is 6.92 Å². The maximum atomic E-state index is 12.2. The molecule has 30 heteroatoms. The summed E-state index contributed by atoms with van der Waals surface area (Å²) in [5.74, 6) is -2.45. The first-order chi connectivity index (χ1) is 40.5. The second-order valence-corrected chi connectivity index (χ2v) is 20.2. The zero-order valence-corrected chi connectivity index (χ0v) is 48.2. The summed E-state index contributed by atoms with van der Waals surface area (Å²) in [4.78, 5) is 0. The standard InChI is InChI=1S/C53H100O30/c1-3-37-50(76-16-8-58)45(62)34(38(80-37)27-69-14-6-56)24-73-31-42-51(77-17-9-59)46(63)35(39(81-42)28-71-22-20-67-12-4-54)25-74-32-43-52(78-18-10-60)47(64)36(40(82-43)29-72-23-21-68-13-5-55)26-75-33-44-53(79-19-11-61)48(65)49(66-2)41(83-44)30-70-15-7-57/h34-65H,3-33H2,1-2H3. The van der Waals surface area contributed by atoms with Crippen LogP contribution < -0.4 is 0 Å². The Morgan fingerprint density at radius 2 is 0.518 bits per heavy atom. The average Bonchev–Trinajstić information content (AvgIpc) is 3.68. The van der Waals surface area contributed by atoms with Gasteiger partial charge in [-0.3, -0.25) is 0 Å². The molecule has 0 aliphatic carbocycles. The Balaban J connectivity index is 1.54. The minimum Gasteiger partial charge on any atom is -0.394 e. The van der Waals surface area contributed by atoms with E-state index in [0.717, 1.165) is 0 Å². The number of hydrogen-bond acceptors (Lipinski definition) is 30. The van der Waals surface area contributed by atoms with Crippen molar-refractivity contribution in [2.24, 2.45) is 17.8 Å². The zero-order valence-electron chi connectivity index (χ0n) is 48.2. The van der Waals surface area contributed by atoms with E-state index < -0.39 is 135 Å². The molecule has 0 amide bonds. The van der Waals surface area contributed by atoms with E-state index in [1.165, 1.54) is 7.11 Å². The van der Waals surface area contributed by atoms with Crippen molar-refractivity contribution in [2.75, 3.05) is 205 Å². The van der Waals surface area contributed by atoms with Crippen LogP contribution in [0.5, 0.6) is 0 Å². The summed E-state index contributed by atoms with van der Waals surface area (Å²) in [5, 5.41) is 123. The summed E-state index contributed by atoms with van der Waals surface area (Å²) < 4.78 is 108. The normalized spacial score (nSPS) is 34.2. The summed E-state index contributed by atoms with van der Waals surface area (Å²) in [6.07, 6.45) is -16.3. The van der Waals surface area contributed by atoms with Crippen LogP contribution in [0.1, 0.15) is 13.3 Å². The lowest BCUT2D eigenvalue weighted by molar-refractivity contribution is -0.269. The lowest BCUT2D eigenvalue weighted by Crippen LogP contribution is -2.62. The van der Waals surface area contributed by atoms with Gasteiger partial charge in [0.15, 0.2) is 0 Å². The van der Waals surface area contributed by atoms with E-state index in [0.29, 0.717) is 6.42 Å². The van der Waals surface area contributed by atoms with E-state index in [1.807, 2.05) is 6.92 Å². The van der Waals surface area contributed by atoms with Crippen LogP contribution in [0.3, 0.4) is 0 Å². The molecule has 0 saturated carbocycles. The Bertz CT molecular complexity index is 1550. The zero-order chi connectivity index (χ0) is 60.2. The van der Waals surface area contributed by atoms with Gasteiger partial charge in [0.1, 0.15) is 61.0 Å². The molecule has 4 rings (SSSR count). The maximum Gasteiger partial charge on any atom is 0.114 e. The van der Waals surface area contributed by atoms with Crippen LogP contribution in [-0.2, 0) is 85.3 Å². The van der Waals surface area contributed by atoms with Crippen molar-refractivity contribution in [3.63, 3.8) is 0 Å². The lowest BCUT2D eigenvalue weighted by atomic mass is 9.86. The van der Waals surface area contributed by atoms with Crippen molar-refractivity contribution in [2.45, 2.75) is 117 Å². The molecule has 0 aromatic heterocycles. The highest BCUT2D eigenvalue weighted by Gasteiger charge is 2.51. The van der Waals surface area contributed by atoms with Crippen molar-refractivity contribution in [1.82, 2.24) is 0 Å². The molecule has 0 spiro atoms. The fraction of sp³-hybridized carbons (Fsp3) is 1.00. The van der Waals surface area contributed by atoms with Crippen molar-refractivity contribution >= 4 is 0 Å². The first kappa shape index (κ1) is 74.3. The number of aliphatic hydroxyl groups excluding tert-OH is 12. The minimum absolute atomic E-state index is 0.0105. The molecule has 0 radical (unpaired) electrons. The molecular weight excluding hydrogens is 1120 g/mol. The third-order valence-electron chi connectivity index (χ3n) is 14.5. The Hall–Kier alpha value is -1.20. The third-order valence-corrected chi connectivity index (χ3v) is 14.5. The Morgan fingerprint density at radius 3 is 0.855 bits per heavy atom. The third kappa shape index (κ3) is 24.6. The second kappa shape index (κ2) is 44.3. The molecule has 20 atom stereocenters. The van der Waals surface area contributed by atoms with Gasteiger partial charge in [0.25, 0.3) is 0 Å². The van der Waals surface area contributed by atoms with Crippen LogP contribution in [0, 0.1) is 17.8 Å². The number of aliphatic hydroxyl groups is 12. The van der Waals surface area contributed by atoms with Gasteiger partial charge in [-0.05, 0) is 6.42 Å². The van der Waals surface area contributed by atoms with E-state index in [-0.39, 0.29) is 185 Å². The van der Waals surface area contributed by atoms with Gasteiger partial charge in [0.05, 0.1) is 241 Å². The molecule has 83 heavy (non-hydrogen) atoms. The highest BCUT2D eigenvalue weighted by molar-refractivity contribution is 4.98. The van der Waals surface area contributed by atoms with Crippen LogP contribution in [0.15, 0.2) is 0 Å². The molecule has 4 aliphatic rings. The topological polar surface area (TPSA) is 409 Å². The largest absolute Gasteiger partial charge is 0.394 e. The van der Waals surface area contributed by atoms with Gasteiger partial charge in [-0.15, -0.1) is 0 Å². The Labute approximate surface area is 485 Å². The van der Waals surface area contributed by atoms with Crippen LogP contribution in [0.4, 0.5) is 0 Å². The van der Waals surface area contributed by atoms with Crippen molar-refractivity contribution in [3.8, 4) is 0 Å². The molecule has 20 unspecified atom stereocenters. The number of hydrogen-bond donors (Lipinski definition) is 12. The van der Waals surface area contributed by atoms with Crippen LogP contribution >= 0.6 is 0 Å². The second-order valence-electron chi connectivity index (χ2n) is 20.2. The van der Waals surface area contributed by atoms with Gasteiger partial charge in [0.2, 0.25) is 0 Å². The number of rotatable bonds is 48. The summed E-state index contributed by atoms with van der Waals surface area (Å²) in [7, 11) is 1.39. The fourth-order valence-electron chi connectivity index (χ4n) is 10.6. The molecule has 30 nitrogen and oxygen atoms in total. The smallest absolute Gasteiger partial charge is 0.114 e. The summed E-state index contributed by atoms with van der Waals surface area (Å²) in [5.41, 5.74) is 0. The van der Waals surface area contributed by atoms with Crippen molar-refractivity contribution < 1.29 is 147 Å². The molecular formula is C53H100O30. The summed E-state index contributed by atoms with van der Waals surface area (Å²) in [6.45, 7) is -1.62. The van der Waals surface area contributed by atoms with E-state index in [2.05, 4.69) is 0 Å². The number of ether oxygens (including phenoxy) is 18. The summed E-state index contributed by atoms with van der Waals surface area (Å²) in [6, 6.07) is 0. The monoisotopic (exact) mass is 1220 g/mol. The van der Waals surface area contributed by atoms with E-state index in [4.69, 9.17) is 85.3 Å². The van der Waals surface area contributed by atoms with Gasteiger partial charge in [-0.25, -0.2) is 0 Å². The molecule has 4 fully saturated rings. The maximum absolute atomic E-state index is 12.2. The highest BCUT2D eigenvalue weighted by Crippen LogP contribution is 2.35. The summed E-state index contributed by atoms with van der Waals surface area (Å²) >= 11 is 0. The Kier molecular flexibility index (Phi) is 39.6. The fourth-order valence-corrected chi connectivity index (χ4v) is 10.6. The molecule has 492 valence electrons. The minimum atomic E-state index is -1.34. The molecule has 0 bridgehead atoms. The molecule has 4 aliphatic heterocycles. The van der Waals surface area contributed by atoms with Crippen molar-refractivity contribution in [3.05, 3.63) is 0 Å². The van der Waals surface area contributed by atoms with Crippen molar-refractivity contribution in [1.29, 1.82) is 0 Å². The lowest BCUT2D eigenvalue weighted by Gasteiger charge is -2.46. The Morgan fingerprint density at radius 1 is 0.265 bits per heavy atom. The highest BCUT2D eigenvalue weighted by atomic mass is 16.6. The first-order valence-electron chi connectivity index (χ1n) is 28.9. The first-order valence-corrected chi connectivity index (χ1v) is 28.9. The molecule has 12 N–H and O–H groups in total. The van der Waals surface area contributed by atoms with Crippen LogP contribution in [-0.4, -0.2) is 370 Å². The molecule has 0 aromatic rings. The number of methoxy groups -OCH3 is 1. The quantitative estimate of drug-likeness (QED) is 0.0252. The molecule has 4 heterocycles. The predicted molar refractivity (Wildman–Crippen MR) is 283 cm³/mol. The van der Waals surface area contributed by atoms with E-state index in [1.54, 1.807) is 0 Å². The molecule has 0 aromatic carbocycles. The average molecular weight is 1220 g/mol. The van der Waals surface area contributed by atoms with Gasteiger partial charge < -0.3 is 147 Å². The van der Waals surface area contributed by atoms with Crippen LogP contribution in [0.2, 0.25) is 0 Å². The van der Waals surface area contributed by atoms with E-state index >= 15 is 0 Å². The van der Waals surface area contributed by atoms with Gasteiger partial charge >= 0.3 is 0 Å². The molecule has 4 saturated heterocycles. The van der Waals surface area contributed by atoms with Gasteiger partial charge in [0, 0.05) is 24.9 Å². The van der Waals surface area contributed by atoms with E-state index in [9.17, 15) is 61.3 Å². The van der Waals surface area contributed by atoms with Gasteiger partial charge in [-0.2, -0.15) is 0 Å². The predicted octanol–water partition coefficient (Wildman–Crippen LogP) is -6.60. The van der Waals surface area contributed by atoms with Crippen LogP contribution in [0.25, 0.3) is 0 Å². The SMILES string of the molecule is CCC1OC(COCCO)C(COCC2OC(COCCOCCO)C(COCC3OC(COCCOCCO)C(COCC4OC(COCCO)C(OC)C(O)C4OCCO)C(O)C3OCCO)C(O)C2OCCO)C(O)C1OCCO.